The molecule has 13 heteroatoms. The van der Waals surface area contributed by atoms with Crippen LogP contribution in [0.2, 0.25) is 0 Å². The topological polar surface area (TPSA) is 38.7 Å². The van der Waals surface area contributed by atoms with Gasteiger partial charge < -0.3 is 9.84 Å². The summed E-state index contributed by atoms with van der Waals surface area (Å²) in [6.45, 7) is 0. The van der Waals surface area contributed by atoms with E-state index in [1.165, 1.54) is 31.9 Å². The summed E-state index contributed by atoms with van der Waals surface area (Å²) in [5.41, 5.74) is 0. The quantitative estimate of drug-likeness (QED) is 0.336. The zero-order valence-corrected chi connectivity index (χ0v) is 13.7. The van der Waals surface area contributed by atoms with Gasteiger partial charge in [0.15, 0.2) is 5.79 Å². The van der Waals surface area contributed by atoms with Gasteiger partial charge in [0.1, 0.15) is 5.76 Å². The fraction of sp³-hybridized carbons (Fsp3) is 0.600. The molecule has 0 aromatic carbocycles. The van der Waals surface area contributed by atoms with Gasteiger partial charge in [0.05, 0.1) is 6.42 Å². The lowest BCUT2D eigenvalue weighted by molar-refractivity contribution is -0.384. The fourth-order valence-corrected chi connectivity index (χ4v) is 1.48. The molecule has 0 aromatic rings. The van der Waals surface area contributed by atoms with Crippen molar-refractivity contribution in [3.8, 4) is 0 Å². The molecule has 0 heterocycles. The Labute approximate surface area is 140 Å². The van der Waals surface area contributed by atoms with Gasteiger partial charge in [-0.25, -0.2) is 0 Å². The van der Waals surface area contributed by atoms with Gasteiger partial charge in [0.25, 0.3) is 0 Å². The number of aliphatic hydroxyl groups is 1. The van der Waals surface area contributed by atoms with Crippen molar-refractivity contribution in [2.75, 3.05) is 0 Å². The van der Waals surface area contributed by atoms with Crippen LogP contribution in [0.1, 0.15) is 6.42 Å². The molecule has 0 radical (unpaired) electrons. The van der Waals surface area contributed by atoms with E-state index in [4.69, 9.17) is 0 Å². The van der Waals surface area contributed by atoms with E-state index < -0.39 is 39.8 Å². The summed E-state index contributed by atoms with van der Waals surface area (Å²) in [5, 5.41) is 9.63. The van der Waals surface area contributed by atoms with Crippen molar-refractivity contribution in [1.82, 2.24) is 0 Å². The molecule has 0 bridgehead atoms. The van der Waals surface area contributed by atoms with E-state index in [1.54, 1.807) is 0 Å². The van der Waals surface area contributed by atoms with E-state index in [0.717, 1.165) is 0 Å². The first kappa shape index (κ1) is 20.6. The third-order valence-electron chi connectivity index (χ3n) is 2.29. The molecule has 0 fully saturated rings. The summed E-state index contributed by atoms with van der Waals surface area (Å²) < 4.78 is 110. The second-order valence-corrected chi connectivity index (χ2v) is 6.24. The van der Waals surface area contributed by atoms with Crippen LogP contribution in [0.4, 0.5) is 35.1 Å². The van der Waals surface area contributed by atoms with Crippen LogP contribution in [0.25, 0.3) is 0 Å². The van der Waals surface area contributed by atoms with Crippen molar-refractivity contribution < 1.29 is 49.7 Å². The monoisotopic (exact) mass is 484 g/mol. The first-order valence-electron chi connectivity index (χ1n) is 5.38. The van der Waals surface area contributed by atoms with Gasteiger partial charge in [0.2, 0.25) is 0 Å². The normalized spacial score (nSPS) is 23.7. The minimum absolute atomic E-state index is 0.428. The average Bonchev–Trinajstić information content (AvgIpc) is 2.23. The summed E-state index contributed by atoms with van der Waals surface area (Å²) in [5.74, 6) is -4.30. The summed E-state index contributed by atoms with van der Waals surface area (Å²) in [4.78, 5) is -9.70. The number of hydrogen-bond acceptors (Lipinski definition) is 3. The van der Waals surface area contributed by atoms with Crippen LogP contribution in [-0.2, 0) is 9.47 Å². The summed E-state index contributed by atoms with van der Waals surface area (Å²) in [6, 6.07) is 0. The smallest absolute Gasteiger partial charge is 0.432 e. The largest absolute Gasteiger partial charge is 0.475 e. The first-order chi connectivity index (χ1) is 9.99. The number of hydrogen-bond donors (Lipinski definition) is 1. The number of ether oxygens (including phenoxy) is 2. The lowest BCUT2D eigenvalue weighted by Gasteiger charge is -2.34. The van der Waals surface area contributed by atoms with E-state index in [0.29, 0.717) is 18.2 Å². The van der Waals surface area contributed by atoms with Gasteiger partial charge in [-0.05, 0) is 12.2 Å². The van der Waals surface area contributed by atoms with E-state index in [-0.39, 0.29) is 0 Å². The van der Waals surface area contributed by atoms with Crippen LogP contribution in [0.5, 0.6) is 0 Å². The van der Waals surface area contributed by atoms with E-state index >= 15 is 0 Å². The van der Waals surface area contributed by atoms with Crippen LogP contribution in [-0.4, -0.2) is 32.8 Å². The number of alkyl halides is 10. The highest BCUT2D eigenvalue weighted by molar-refractivity contribution is 9.10. The Morgan fingerprint density at radius 2 is 1.43 bits per heavy atom. The standard InChI is InChI=1S/C10H6Br2F8O3/c11-7(13,14)9(17,18)22-5-2-1-3-6(21,4-5)23-10(19,20)8(12,15)16/h1-3,21H,4H2. The fourth-order valence-electron chi connectivity index (χ4n) is 1.32. The molecule has 0 aliphatic heterocycles. The van der Waals surface area contributed by atoms with Crippen LogP contribution in [0.3, 0.4) is 0 Å². The number of allylic oxidation sites excluding steroid dienone is 2. The maximum atomic E-state index is 13.1. The first-order valence-corrected chi connectivity index (χ1v) is 6.97. The van der Waals surface area contributed by atoms with Gasteiger partial charge in [-0.2, -0.15) is 35.1 Å². The molecule has 0 saturated carbocycles. The Kier molecular flexibility index (Phi) is 5.52. The number of halogens is 10. The zero-order chi connectivity index (χ0) is 18.3. The molecule has 134 valence electrons. The predicted molar refractivity (Wildman–Crippen MR) is 66.6 cm³/mol. The number of rotatable bonds is 6. The highest BCUT2D eigenvalue weighted by Gasteiger charge is 2.61. The molecule has 1 unspecified atom stereocenters. The van der Waals surface area contributed by atoms with E-state index in [2.05, 4.69) is 9.47 Å². The van der Waals surface area contributed by atoms with Crippen LogP contribution < -0.4 is 0 Å². The van der Waals surface area contributed by atoms with E-state index in [1.807, 2.05) is 0 Å². The Balaban J connectivity index is 2.90. The van der Waals surface area contributed by atoms with Crippen LogP contribution >= 0.6 is 31.9 Å². The minimum Gasteiger partial charge on any atom is -0.432 e. The summed E-state index contributed by atoms with van der Waals surface area (Å²) in [6.07, 6.45) is -10.0. The van der Waals surface area contributed by atoms with Gasteiger partial charge in [-0.3, -0.25) is 4.74 Å². The molecule has 1 atom stereocenters. The lowest BCUT2D eigenvalue weighted by atomic mass is 10.1. The zero-order valence-electron chi connectivity index (χ0n) is 10.5. The second-order valence-electron chi connectivity index (χ2n) is 4.25. The van der Waals surface area contributed by atoms with Gasteiger partial charge in [-0.15, -0.1) is 0 Å². The van der Waals surface area contributed by atoms with Gasteiger partial charge in [0, 0.05) is 31.9 Å². The molecule has 0 aromatic heterocycles. The molecule has 0 amide bonds. The SMILES string of the molecule is OC1(OC(F)(F)C(F)(F)Br)C=CC=C(OC(F)(F)C(F)(F)Br)C1. The highest BCUT2D eigenvalue weighted by atomic mass is 79.9. The Morgan fingerprint density at radius 1 is 0.957 bits per heavy atom. The molecular formula is C10H6Br2F8O3. The third-order valence-corrected chi connectivity index (χ3v) is 3.21. The predicted octanol–water partition coefficient (Wildman–Crippen LogP) is 4.71. The van der Waals surface area contributed by atoms with Crippen molar-refractivity contribution in [3.05, 3.63) is 24.0 Å². The molecule has 23 heavy (non-hydrogen) atoms. The average molecular weight is 486 g/mol. The molecular weight excluding hydrogens is 480 g/mol. The highest BCUT2D eigenvalue weighted by Crippen LogP contribution is 2.46. The van der Waals surface area contributed by atoms with Crippen molar-refractivity contribution in [2.24, 2.45) is 0 Å². The van der Waals surface area contributed by atoms with Gasteiger partial charge >= 0.3 is 21.9 Å². The third kappa shape index (κ3) is 5.03. The van der Waals surface area contributed by atoms with Gasteiger partial charge in [-0.1, -0.05) is 6.08 Å². The Bertz CT molecular complexity index is 511. The summed E-state index contributed by atoms with van der Waals surface area (Å²) in [7, 11) is 0. The van der Waals surface area contributed by atoms with Crippen LogP contribution in [0, 0.1) is 0 Å². The van der Waals surface area contributed by atoms with E-state index in [9.17, 15) is 40.2 Å². The molecule has 1 aliphatic rings. The summed E-state index contributed by atoms with van der Waals surface area (Å²) >= 11 is 2.68. The Hall–Kier alpha value is -0.400. The maximum Gasteiger partial charge on any atom is 0.475 e. The van der Waals surface area contributed by atoms with Crippen molar-refractivity contribution in [1.29, 1.82) is 0 Å². The molecule has 3 nitrogen and oxygen atoms in total. The molecule has 0 saturated heterocycles. The second kappa shape index (κ2) is 6.15. The maximum absolute atomic E-state index is 13.1. The molecule has 1 rings (SSSR count). The minimum atomic E-state index is -5.24. The van der Waals surface area contributed by atoms with Crippen molar-refractivity contribution >= 4 is 31.9 Å². The molecule has 1 N–H and O–H groups in total. The van der Waals surface area contributed by atoms with Crippen molar-refractivity contribution in [2.45, 2.75) is 34.1 Å². The molecule has 1 aliphatic carbocycles. The van der Waals surface area contributed by atoms with Crippen LogP contribution in [0.15, 0.2) is 24.0 Å². The molecule has 0 spiro atoms. The van der Waals surface area contributed by atoms with Crippen molar-refractivity contribution in [3.63, 3.8) is 0 Å². The Morgan fingerprint density at radius 3 is 1.87 bits per heavy atom. The lowest BCUT2D eigenvalue weighted by Crippen LogP contribution is -2.47.